The van der Waals surface area contributed by atoms with E-state index in [1.165, 1.54) is 18.2 Å². The fourth-order valence-corrected chi connectivity index (χ4v) is 3.07. The second-order valence-corrected chi connectivity index (χ2v) is 6.63. The molecule has 1 rings (SSSR count). The van der Waals surface area contributed by atoms with E-state index in [1.807, 2.05) is 0 Å². The number of benzene rings is 1. The zero-order valence-corrected chi connectivity index (χ0v) is 13.2. The van der Waals surface area contributed by atoms with Gasteiger partial charge in [-0.05, 0) is 31.0 Å². The van der Waals surface area contributed by atoms with Crippen LogP contribution in [0.3, 0.4) is 0 Å². The summed E-state index contributed by atoms with van der Waals surface area (Å²) in [6.07, 6.45) is 4.04. The third kappa shape index (κ3) is 7.22. The van der Waals surface area contributed by atoms with Gasteiger partial charge in [-0.1, -0.05) is 19.8 Å². The number of carbonyl (C=O) groups is 1. The Hall–Kier alpha value is -1.43. The topological polar surface area (TPSA) is 72.2 Å². The zero-order valence-electron chi connectivity index (χ0n) is 12.4. The van der Waals surface area contributed by atoms with E-state index < -0.39 is 16.6 Å². The van der Waals surface area contributed by atoms with Crippen LogP contribution in [-0.2, 0) is 15.6 Å². The molecule has 1 amide bonds. The quantitative estimate of drug-likeness (QED) is 0.543. The minimum absolute atomic E-state index is 0.195. The molecule has 0 spiro atoms. The number of hydrogen-bond donors (Lipinski definition) is 2. The highest BCUT2D eigenvalue weighted by molar-refractivity contribution is 7.84. The van der Waals surface area contributed by atoms with E-state index in [0.717, 1.165) is 19.3 Å². The first-order valence-corrected chi connectivity index (χ1v) is 8.71. The highest BCUT2D eigenvalue weighted by Crippen LogP contribution is 2.19. The number of hydrogen-bond acceptors (Lipinski definition) is 3. The largest absolute Gasteiger partial charge is 0.397 e. The summed E-state index contributed by atoms with van der Waals surface area (Å²) in [4.78, 5) is 11.7. The molecule has 0 aliphatic carbocycles. The Kier molecular flexibility index (Phi) is 7.97. The van der Waals surface area contributed by atoms with Gasteiger partial charge in [0.05, 0.1) is 11.4 Å². The molecule has 118 valence electrons. The maximum absolute atomic E-state index is 12.9. The molecule has 4 nitrogen and oxygen atoms in total. The summed E-state index contributed by atoms with van der Waals surface area (Å²) in [5.41, 5.74) is 6.22. The molecule has 0 saturated carbocycles. The maximum Gasteiger partial charge on any atom is 0.224 e. The Bertz CT molecular complexity index is 495. The van der Waals surface area contributed by atoms with E-state index in [9.17, 15) is 13.4 Å². The van der Waals surface area contributed by atoms with Gasteiger partial charge < -0.3 is 11.1 Å². The van der Waals surface area contributed by atoms with Crippen LogP contribution in [0.5, 0.6) is 0 Å². The molecule has 0 aliphatic rings. The van der Waals surface area contributed by atoms with Gasteiger partial charge in [-0.3, -0.25) is 9.00 Å². The monoisotopic (exact) mass is 314 g/mol. The van der Waals surface area contributed by atoms with Crippen molar-refractivity contribution >= 4 is 28.1 Å². The number of carbonyl (C=O) groups excluding carboxylic acids is 1. The van der Waals surface area contributed by atoms with Crippen LogP contribution in [0.4, 0.5) is 15.8 Å². The lowest BCUT2D eigenvalue weighted by Crippen LogP contribution is -2.14. The van der Waals surface area contributed by atoms with Gasteiger partial charge in [0.2, 0.25) is 5.91 Å². The lowest BCUT2D eigenvalue weighted by Gasteiger charge is -2.08. The average molecular weight is 314 g/mol. The first kappa shape index (κ1) is 17.6. The van der Waals surface area contributed by atoms with E-state index >= 15 is 0 Å². The number of unbranched alkanes of at least 4 members (excludes halogenated alkanes) is 2. The molecule has 0 bridgehead atoms. The molecule has 0 fully saturated rings. The van der Waals surface area contributed by atoms with Crippen molar-refractivity contribution in [2.45, 2.75) is 39.0 Å². The molecule has 1 aromatic rings. The summed E-state index contributed by atoms with van der Waals surface area (Å²) >= 11 is 0. The van der Waals surface area contributed by atoms with E-state index in [-0.39, 0.29) is 18.0 Å². The van der Waals surface area contributed by atoms with E-state index in [4.69, 9.17) is 5.73 Å². The van der Waals surface area contributed by atoms with Gasteiger partial charge in [0.1, 0.15) is 5.82 Å². The SMILES string of the molecule is CCCCCS(=O)CCCC(=O)Nc1ccc(F)cc1N. The van der Waals surface area contributed by atoms with Gasteiger partial charge >= 0.3 is 0 Å². The van der Waals surface area contributed by atoms with Crippen molar-refractivity contribution in [3.63, 3.8) is 0 Å². The van der Waals surface area contributed by atoms with Crippen LogP contribution in [0.1, 0.15) is 39.0 Å². The Balaban J connectivity index is 2.26. The second-order valence-electron chi connectivity index (χ2n) is 4.94. The Morgan fingerprint density at radius 2 is 2.00 bits per heavy atom. The van der Waals surface area contributed by atoms with Crippen molar-refractivity contribution < 1.29 is 13.4 Å². The van der Waals surface area contributed by atoms with E-state index in [2.05, 4.69) is 12.2 Å². The Labute approximate surface area is 127 Å². The van der Waals surface area contributed by atoms with Gasteiger partial charge in [-0.2, -0.15) is 0 Å². The molecular formula is C15H23FN2O2S. The number of nitrogens with two attached hydrogens (primary N) is 1. The summed E-state index contributed by atoms with van der Waals surface area (Å²) < 4.78 is 24.5. The van der Waals surface area contributed by atoms with Crippen LogP contribution < -0.4 is 11.1 Å². The molecular weight excluding hydrogens is 291 g/mol. The van der Waals surface area contributed by atoms with Gasteiger partial charge in [0.25, 0.3) is 0 Å². The number of rotatable bonds is 9. The van der Waals surface area contributed by atoms with Crippen molar-refractivity contribution in [3.8, 4) is 0 Å². The predicted octanol–water partition coefficient (Wildman–Crippen LogP) is 3.07. The summed E-state index contributed by atoms with van der Waals surface area (Å²) in [6, 6.07) is 3.85. The minimum atomic E-state index is -0.846. The first-order chi connectivity index (χ1) is 10.0. The van der Waals surface area contributed by atoms with Gasteiger partial charge in [-0.15, -0.1) is 0 Å². The van der Waals surface area contributed by atoms with Crippen molar-refractivity contribution in [1.29, 1.82) is 0 Å². The van der Waals surface area contributed by atoms with Gasteiger partial charge in [-0.25, -0.2) is 4.39 Å². The molecule has 21 heavy (non-hydrogen) atoms. The van der Waals surface area contributed by atoms with E-state index in [1.54, 1.807) is 0 Å². The number of nitrogens with one attached hydrogen (secondary N) is 1. The van der Waals surface area contributed by atoms with Crippen LogP contribution in [-0.4, -0.2) is 21.6 Å². The number of nitrogen functional groups attached to an aromatic ring is 1. The Morgan fingerprint density at radius 3 is 2.67 bits per heavy atom. The van der Waals surface area contributed by atoms with Crippen LogP contribution in [0.2, 0.25) is 0 Å². The molecule has 0 heterocycles. The smallest absolute Gasteiger partial charge is 0.224 e. The summed E-state index contributed by atoms with van der Waals surface area (Å²) in [6.45, 7) is 2.11. The standard InChI is InChI=1S/C15H23FN2O2S/c1-2-3-4-9-21(20)10-5-6-15(19)18-14-8-7-12(16)11-13(14)17/h7-8,11H,2-6,9-10,17H2,1H3,(H,18,19). The fraction of sp³-hybridized carbons (Fsp3) is 0.533. The summed E-state index contributed by atoms with van der Waals surface area (Å²) in [5.74, 6) is 0.614. The fourth-order valence-electron chi connectivity index (χ4n) is 1.87. The van der Waals surface area contributed by atoms with Crippen molar-refractivity contribution in [3.05, 3.63) is 24.0 Å². The molecule has 0 saturated heterocycles. The maximum atomic E-state index is 12.9. The molecule has 0 aromatic heterocycles. The van der Waals surface area contributed by atoms with E-state index in [0.29, 0.717) is 23.6 Å². The van der Waals surface area contributed by atoms with Crippen molar-refractivity contribution in [2.75, 3.05) is 22.6 Å². The molecule has 0 radical (unpaired) electrons. The molecule has 6 heteroatoms. The predicted molar refractivity (Wildman–Crippen MR) is 86.1 cm³/mol. The lowest BCUT2D eigenvalue weighted by molar-refractivity contribution is -0.116. The van der Waals surface area contributed by atoms with Crippen molar-refractivity contribution in [2.24, 2.45) is 0 Å². The third-order valence-corrected chi connectivity index (χ3v) is 4.53. The number of halogens is 1. The molecule has 1 atom stereocenters. The first-order valence-electron chi connectivity index (χ1n) is 7.22. The summed E-state index contributed by atoms with van der Waals surface area (Å²) in [7, 11) is -0.846. The molecule has 0 aliphatic heterocycles. The minimum Gasteiger partial charge on any atom is -0.397 e. The van der Waals surface area contributed by atoms with Crippen molar-refractivity contribution in [1.82, 2.24) is 0 Å². The highest BCUT2D eigenvalue weighted by Gasteiger charge is 2.07. The third-order valence-electron chi connectivity index (χ3n) is 3.04. The van der Waals surface area contributed by atoms with Crippen LogP contribution in [0.25, 0.3) is 0 Å². The molecule has 1 aromatic carbocycles. The lowest BCUT2D eigenvalue weighted by atomic mass is 10.2. The number of anilines is 2. The van der Waals surface area contributed by atoms with Crippen LogP contribution in [0.15, 0.2) is 18.2 Å². The molecule has 3 N–H and O–H groups in total. The average Bonchev–Trinajstić information content (AvgIpc) is 2.42. The Morgan fingerprint density at radius 1 is 1.29 bits per heavy atom. The normalized spacial score (nSPS) is 12.1. The van der Waals surface area contributed by atoms with Crippen LogP contribution in [0, 0.1) is 5.82 Å². The number of amides is 1. The van der Waals surface area contributed by atoms with Crippen LogP contribution >= 0.6 is 0 Å². The zero-order chi connectivity index (χ0) is 15.7. The highest BCUT2D eigenvalue weighted by atomic mass is 32.2. The second kappa shape index (κ2) is 9.50. The van der Waals surface area contributed by atoms with Gasteiger partial charge in [0, 0.05) is 28.7 Å². The molecule has 1 unspecified atom stereocenters. The van der Waals surface area contributed by atoms with Gasteiger partial charge in [0.15, 0.2) is 0 Å². The summed E-state index contributed by atoms with van der Waals surface area (Å²) in [5, 5.41) is 2.63.